The Kier molecular flexibility index (Phi) is 5.24. The molecule has 0 saturated carbocycles. The highest BCUT2D eigenvalue weighted by atomic mass is 35.5. The Hall–Kier alpha value is -1.04. The molecule has 2 rings (SSSR count). The summed E-state index contributed by atoms with van der Waals surface area (Å²) in [7, 11) is 0. The molecule has 0 radical (unpaired) electrons. The van der Waals surface area contributed by atoms with E-state index in [0.29, 0.717) is 23.2 Å². The van der Waals surface area contributed by atoms with Crippen molar-refractivity contribution in [3.8, 4) is 0 Å². The predicted octanol–water partition coefficient (Wildman–Crippen LogP) is 3.07. The molecule has 2 N–H and O–H groups in total. The van der Waals surface area contributed by atoms with Crippen LogP contribution < -0.4 is 5.73 Å². The van der Waals surface area contributed by atoms with Crippen molar-refractivity contribution < 1.29 is 4.52 Å². The number of halogens is 1. The normalized spacial score (nSPS) is 12.6. The number of hydrogen-bond acceptors (Lipinski definition) is 5. The van der Waals surface area contributed by atoms with Crippen LogP contribution in [0.2, 0.25) is 5.02 Å². The lowest BCUT2D eigenvalue weighted by Crippen LogP contribution is -2.11. The maximum Gasteiger partial charge on any atom is 0.243 e. The number of benzene rings is 1. The highest BCUT2D eigenvalue weighted by Gasteiger charge is 2.14. The highest BCUT2D eigenvalue weighted by molar-refractivity contribution is 7.98. The molecule has 0 unspecified atom stereocenters. The van der Waals surface area contributed by atoms with Gasteiger partial charge in [0.15, 0.2) is 5.82 Å². The van der Waals surface area contributed by atoms with Crippen LogP contribution in [0, 0.1) is 0 Å². The molecule has 19 heavy (non-hydrogen) atoms. The molecule has 1 aromatic heterocycles. The topological polar surface area (TPSA) is 64.9 Å². The van der Waals surface area contributed by atoms with E-state index in [1.54, 1.807) is 11.8 Å². The average molecular weight is 298 g/mol. The van der Waals surface area contributed by atoms with Gasteiger partial charge in [-0.05, 0) is 36.1 Å². The van der Waals surface area contributed by atoms with Crippen LogP contribution in [0.25, 0.3) is 0 Å². The molecule has 0 fully saturated rings. The molecule has 1 atom stereocenters. The molecule has 0 spiro atoms. The Labute approximate surface area is 121 Å². The molecule has 0 bridgehead atoms. The van der Waals surface area contributed by atoms with Gasteiger partial charge in [0.2, 0.25) is 5.89 Å². The van der Waals surface area contributed by atoms with E-state index in [9.17, 15) is 0 Å². The van der Waals surface area contributed by atoms with Gasteiger partial charge in [0.05, 0.1) is 6.04 Å². The number of nitrogens with zero attached hydrogens (tertiary/aromatic N) is 2. The second kappa shape index (κ2) is 6.93. The quantitative estimate of drug-likeness (QED) is 0.887. The van der Waals surface area contributed by atoms with E-state index in [4.69, 9.17) is 21.9 Å². The Bertz CT molecular complexity index is 532. The zero-order valence-electron chi connectivity index (χ0n) is 10.7. The zero-order valence-corrected chi connectivity index (χ0v) is 12.2. The first-order chi connectivity index (χ1) is 9.19. The van der Waals surface area contributed by atoms with Crippen molar-refractivity contribution in [3.05, 3.63) is 46.6 Å². The van der Waals surface area contributed by atoms with Gasteiger partial charge in [-0.1, -0.05) is 28.9 Å². The molecule has 6 heteroatoms. The van der Waals surface area contributed by atoms with E-state index in [2.05, 4.69) is 10.1 Å². The maximum atomic E-state index is 5.98. The van der Waals surface area contributed by atoms with Crippen molar-refractivity contribution >= 4 is 23.4 Å². The smallest absolute Gasteiger partial charge is 0.243 e. The van der Waals surface area contributed by atoms with Crippen molar-refractivity contribution in [3.63, 3.8) is 0 Å². The van der Waals surface area contributed by atoms with Gasteiger partial charge in [-0.25, -0.2) is 0 Å². The van der Waals surface area contributed by atoms with E-state index in [0.717, 1.165) is 17.7 Å². The van der Waals surface area contributed by atoms with Crippen molar-refractivity contribution in [2.75, 3.05) is 12.0 Å². The molecule has 0 saturated heterocycles. The number of thioether (sulfide) groups is 1. The SMILES string of the molecule is CSCC[C@@H](N)c1nc(Cc2cccc(Cl)c2)no1. The third-order valence-electron chi connectivity index (χ3n) is 2.69. The summed E-state index contributed by atoms with van der Waals surface area (Å²) in [4.78, 5) is 4.33. The number of rotatable bonds is 6. The third-order valence-corrected chi connectivity index (χ3v) is 3.56. The second-order valence-electron chi connectivity index (χ2n) is 4.24. The summed E-state index contributed by atoms with van der Waals surface area (Å²) in [6, 6.07) is 7.43. The third kappa shape index (κ3) is 4.23. The predicted molar refractivity (Wildman–Crippen MR) is 78.5 cm³/mol. The van der Waals surface area contributed by atoms with Gasteiger partial charge >= 0.3 is 0 Å². The minimum atomic E-state index is -0.187. The van der Waals surface area contributed by atoms with E-state index in [1.165, 1.54) is 0 Å². The van der Waals surface area contributed by atoms with Crippen LogP contribution in [-0.4, -0.2) is 22.1 Å². The van der Waals surface area contributed by atoms with Gasteiger partial charge in [0.1, 0.15) is 0 Å². The lowest BCUT2D eigenvalue weighted by atomic mass is 10.1. The van der Waals surface area contributed by atoms with Gasteiger partial charge in [-0.3, -0.25) is 0 Å². The van der Waals surface area contributed by atoms with Crippen molar-refractivity contribution in [1.29, 1.82) is 0 Å². The summed E-state index contributed by atoms with van der Waals surface area (Å²) < 4.78 is 5.20. The lowest BCUT2D eigenvalue weighted by molar-refractivity contribution is 0.349. The standard InChI is InChI=1S/C13H16ClN3OS/c1-19-6-5-11(15)13-16-12(17-18-13)8-9-3-2-4-10(14)7-9/h2-4,7,11H,5-6,8,15H2,1H3/t11-/m1/s1. The van der Waals surface area contributed by atoms with Crippen molar-refractivity contribution in [1.82, 2.24) is 10.1 Å². The van der Waals surface area contributed by atoms with Crippen LogP contribution in [0.1, 0.15) is 29.7 Å². The summed E-state index contributed by atoms with van der Waals surface area (Å²) in [5.74, 6) is 2.12. The highest BCUT2D eigenvalue weighted by Crippen LogP contribution is 2.17. The molecule has 1 heterocycles. The van der Waals surface area contributed by atoms with Gasteiger partial charge in [0.25, 0.3) is 0 Å². The van der Waals surface area contributed by atoms with Crippen LogP contribution in [-0.2, 0) is 6.42 Å². The van der Waals surface area contributed by atoms with Crippen LogP contribution in [0.5, 0.6) is 0 Å². The summed E-state index contributed by atoms with van der Waals surface area (Å²) >= 11 is 7.69. The lowest BCUT2D eigenvalue weighted by Gasteiger charge is -2.03. The summed E-state index contributed by atoms with van der Waals surface area (Å²) in [6.45, 7) is 0. The van der Waals surface area contributed by atoms with Crippen molar-refractivity contribution in [2.24, 2.45) is 5.73 Å². The first kappa shape index (κ1) is 14.4. The summed E-state index contributed by atoms with van der Waals surface area (Å²) in [5, 5.41) is 4.66. The van der Waals surface area contributed by atoms with E-state index in [1.807, 2.05) is 30.5 Å². The molecule has 102 valence electrons. The molecular weight excluding hydrogens is 282 g/mol. The molecule has 0 aliphatic rings. The summed E-state index contributed by atoms with van der Waals surface area (Å²) in [5.41, 5.74) is 7.03. The maximum absolute atomic E-state index is 5.98. The fourth-order valence-electron chi connectivity index (χ4n) is 1.69. The van der Waals surface area contributed by atoms with Crippen LogP contribution in [0.4, 0.5) is 0 Å². The number of aromatic nitrogens is 2. The minimum Gasteiger partial charge on any atom is -0.338 e. The molecule has 2 aromatic rings. The van der Waals surface area contributed by atoms with Gasteiger partial charge in [-0.2, -0.15) is 16.7 Å². The molecule has 0 aliphatic carbocycles. The number of nitrogens with two attached hydrogens (primary N) is 1. The molecule has 1 aromatic carbocycles. The van der Waals surface area contributed by atoms with E-state index in [-0.39, 0.29) is 6.04 Å². The minimum absolute atomic E-state index is 0.187. The van der Waals surface area contributed by atoms with Gasteiger partial charge in [-0.15, -0.1) is 0 Å². The Balaban J connectivity index is 2.01. The van der Waals surface area contributed by atoms with Crippen molar-refractivity contribution in [2.45, 2.75) is 18.9 Å². The monoisotopic (exact) mass is 297 g/mol. The van der Waals surface area contributed by atoms with Crippen LogP contribution >= 0.6 is 23.4 Å². The number of hydrogen-bond donors (Lipinski definition) is 1. The molecule has 0 amide bonds. The second-order valence-corrected chi connectivity index (χ2v) is 5.67. The largest absolute Gasteiger partial charge is 0.338 e. The molecule has 0 aliphatic heterocycles. The Morgan fingerprint density at radius 1 is 1.47 bits per heavy atom. The summed E-state index contributed by atoms with van der Waals surface area (Å²) in [6.07, 6.45) is 3.48. The Morgan fingerprint density at radius 2 is 2.32 bits per heavy atom. The van der Waals surface area contributed by atoms with Gasteiger partial charge in [0, 0.05) is 11.4 Å². The fourth-order valence-corrected chi connectivity index (χ4v) is 2.39. The van der Waals surface area contributed by atoms with Crippen LogP contribution in [0.15, 0.2) is 28.8 Å². The first-order valence-electron chi connectivity index (χ1n) is 6.00. The van der Waals surface area contributed by atoms with Gasteiger partial charge < -0.3 is 10.3 Å². The van der Waals surface area contributed by atoms with E-state index >= 15 is 0 Å². The first-order valence-corrected chi connectivity index (χ1v) is 7.77. The molecule has 4 nitrogen and oxygen atoms in total. The van der Waals surface area contributed by atoms with Crippen LogP contribution in [0.3, 0.4) is 0 Å². The molecular formula is C13H16ClN3OS. The zero-order chi connectivity index (χ0) is 13.7. The Morgan fingerprint density at radius 3 is 3.05 bits per heavy atom. The average Bonchev–Trinajstić information content (AvgIpc) is 2.84. The van der Waals surface area contributed by atoms with E-state index < -0.39 is 0 Å². The fraction of sp³-hybridized carbons (Fsp3) is 0.385.